The molecule has 0 atom stereocenters. The summed E-state index contributed by atoms with van der Waals surface area (Å²) < 4.78 is 0. The van der Waals surface area contributed by atoms with E-state index in [1.807, 2.05) is 0 Å². The molecule has 0 aromatic carbocycles. The average molecular weight is 319 g/mol. The normalized spacial score (nSPS) is 11.5. The lowest BCUT2D eigenvalue weighted by Gasteiger charge is -2.20. The van der Waals surface area contributed by atoms with Crippen molar-refractivity contribution in [3.63, 3.8) is 0 Å². The molecule has 134 valence electrons. The Morgan fingerprint density at radius 1 is 0.636 bits per heavy atom. The van der Waals surface area contributed by atoms with Crippen molar-refractivity contribution in [3.05, 3.63) is 0 Å². The molecule has 5 heteroatoms. The number of hydrogen-bond acceptors (Lipinski definition) is 5. The van der Waals surface area contributed by atoms with E-state index < -0.39 is 0 Å². The van der Waals surface area contributed by atoms with E-state index in [2.05, 4.69) is 6.92 Å². The van der Waals surface area contributed by atoms with Crippen LogP contribution in [0.25, 0.3) is 0 Å². The first-order valence-electron chi connectivity index (χ1n) is 9.10. The number of nitrogens with zero attached hydrogens (tertiary/aromatic N) is 1. The van der Waals surface area contributed by atoms with Crippen molar-refractivity contribution in [2.45, 2.75) is 77.6 Å². The molecule has 0 bridgehead atoms. The molecule has 0 amide bonds. The minimum atomic E-state index is 0.127. The zero-order valence-corrected chi connectivity index (χ0v) is 14.5. The Balaban J connectivity index is 3.51. The molecule has 2 N–H and O–H groups in total. The van der Waals surface area contributed by atoms with Crippen LogP contribution in [0.15, 0.2) is 0 Å². The fourth-order valence-corrected chi connectivity index (χ4v) is 2.18. The van der Waals surface area contributed by atoms with E-state index in [1.165, 1.54) is 56.6 Å². The molecule has 0 radical (unpaired) electrons. The van der Waals surface area contributed by atoms with Crippen molar-refractivity contribution >= 4 is 0 Å². The van der Waals surface area contributed by atoms with Gasteiger partial charge in [-0.25, -0.2) is 0 Å². The highest BCUT2D eigenvalue weighted by molar-refractivity contribution is 4.47. The van der Waals surface area contributed by atoms with E-state index in [1.54, 1.807) is 0 Å². The maximum Gasteiger partial charge on any atom is 0.0733 e. The van der Waals surface area contributed by atoms with Crippen LogP contribution in [0.1, 0.15) is 77.6 Å². The molecule has 0 aliphatic rings. The molecule has 0 spiro atoms. The van der Waals surface area contributed by atoms with Crippen LogP contribution in [-0.2, 0) is 9.68 Å². The summed E-state index contributed by atoms with van der Waals surface area (Å²) in [5, 5.41) is 19.1. The van der Waals surface area contributed by atoms with Gasteiger partial charge in [-0.3, -0.25) is 9.68 Å². The van der Waals surface area contributed by atoms with Crippen molar-refractivity contribution in [2.24, 2.45) is 0 Å². The van der Waals surface area contributed by atoms with Crippen LogP contribution in [0.2, 0.25) is 0 Å². The Bertz CT molecular complexity index is 195. The van der Waals surface area contributed by atoms with Gasteiger partial charge in [0.05, 0.1) is 19.8 Å². The maximum absolute atomic E-state index is 8.77. The fraction of sp³-hybridized carbons (Fsp3) is 1.00. The number of hydroxylamine groups is 2. The van der Waals surface area contributed by atoms with Gasteiger partial charge in [0.2, 0.25) is 0 Å². The second kappa shape index (κ2) is 18.8. The van der Waals surface area contributed by atoms with Gasteiger partial charge >= 0.3 is 0 Å². The lowest BCUT2D eigenvalue weighted by Crippen LogP contribution is -2.27. The molecule has 0 unspecified atom stereocenters. The molecule has 0 rings (SSSR count). The Hall–Kier alpha value is -0.200. The van der Waals surface area contributed by atoms with Gasteiger partial charge in [0, 0.05) is 13.2 Å². The van der Waals surface area contributed by atoms with Crippen LogP contribution in [-0.4, -0.2) is 48.4 Å². The van der Waals surface area contributed by atoms with Crippen molar-refractivity contribution in [1.82, 2.24) is 5.23 Å². The SMILES string of the molecule is CCCCCCCCCCCN(OCCCO)OCCCO. The first-order valence-corrected chi connectivity index (χ1v) is 9.10. The van der Waals surface area contributed by atoms with E-state index in [-0.39, 0.29) is 13.2 Å². The topological polar surface area (TPSA) is 62.2 Å². The third-order valence-corrected chi connectivity index (χ3v) is 3.52. The predicted molar refractivity (Wildman–Crippen MR) is 89.2 cm³/mol. The van der Waals surface area contributed by atoms with E-state index in [9.17, 15) is 0 Å². The molecule has 0 fully saturated rings. The molecular weight excluding hydrogens is 282 g/mol. The third-order valence-electron chi connectivity index (χ3n) is 3.52. The summed E-state index contributed by atoms with van der Waals surface area (Å²) >= 11 is 0. The molecule has 22 heavy (non-hydrogen) atoms. The molecular formula is C17H37NO4. The van der Waals surface area contributed by atoms with Crippen molar-refractivity contribution in [2.75, 3.05) is 33.0 Å². The summed E-state index contributed by atoms with van der Waals surface area (Å²) in [5.74, 6) is 0. The van der Waals surface area contributed by atoms with Gasteiger partial charge in [0.15, 0.2) is 0 Å². The standard InChI is InChI=1S/C17H37NO4/c1-2-3-4-5-6-7-8-9-10-13-18(21-16-11-14-19)22-17-12-15-20/h19-20H,2-17H2,1H3. The van der Waals surface area contributed by atoms with Gasteiger partial charge in [-0.05, 0) is 19.3 Å². The molecule has 0 saturated carbocycles. The highest BCUT2D eigenvalue weighted by atomic mass is 16.9. The molecule has 0 heterocycles. The minimum Gasteiger partial charge on any atom is -0.396 e. The zero-order chi connectivity index (χ0) is 16.3. The molecule has 0 aromatic rings. The highest BCUT2D eigenvalue weighted by Crippen LogP contribution is 2.10. The van der Waals surface area contributed by atoms with Crippen LogP contribution in [0, 0.1) is 0 Å². The maximum atomic E-state index is 8.77. The predicted octanol–water partition coefficient (Wildman–Crippen LogP) is 3.45. The number of hydrogen-bond donors (Lipinski definition) is 2. The number of aliphatic hydroxyl groups is 2. The molecule has 0 aromatic heterocycles. The van der Waals surface area contributed by atoms with Gasteiger partial charge in [-0.15, -0.1) is 0 Å². The molecule has 0 aliphatic carbocycles. The van der Waals surface area contributed by atoms with E-state index in [0.717, 1.165) is 13.0 Å². The van der Waals surface area contributed by atoms with Crippen LogP contribution >= 0.6 is 0 Å². The van der Waals surface area contributed by atoms with Crippen molar-refractivity contribution in [1.29, 1.82) is 0 Å². The van der Waals surface area contributed by atoms with Crippen LogP contribution < -0.4 is 0 Å². The smallest absolute Gasteiger partial charge is 0.0733 e. The molecule has 0 aliphatic heterocycles. The van der Waals surface area contributed by atoms with E-state index in [0.29, 0.717) is 26.1 Å². The Labute approximate surface area is 136 Å². The number of aliphatic hydroxyl groups excluding tert-OH is 2. The lowest BCUT2D eigenvalue weighted by molar-refractivity contribution is -0.369. The third kappa shape index (κ3) is 16.2. The van der Waals surface area contributed by atoms with Crippen LogP contribution in [0.3, 0.4) is 0 Å². The largest absolute Gasteiger partial charge is 0.396 e. The zero-order valence-electron chi connectivity index (χ0n) is 14.5. The quantitative estimate of drug-likeness (QED) is 0.299. The second-order valence-corrected chi connectivity index (χ2v) is 5.71. The van der Waals surface area contributed by atoms with Gasteiger partial charge in [-0.2, -0.15) is 0 Å². The highest BCUT2D eigenvalue weighted by Gasteiger charge is 2.05. The fourth-order valence-electron chi connectivity index (χ4n) is 2.18. The van der Waals surface area contributed by atoms with Gasteiger partial charge in [0.25, 0.3) is 0 Å². The number of rotatable bonds is 18. The Morgan fingerprint density at radius 3 is 1.55 bits per heavy atom. The van der Waals surface area contributed by atoms with Crippen LogP contribution in [0.4, 0.5) is 0 Å². The molecule has 0 saturated heterocycles. The van der Waals surface area contributed by atoms with Crippen LogP contribution in [0.5, 0.6) is 0 Å². The minimum absolute atomic E-state index is 0.127. The van der Waals surface area contributed by atoms with Crippen molar-refractivity contribution < 1.29 is 19.9 Å². The van der Waals surface area contributed by atoms with Gasteiger partial charge < -0.3 is 10.2 Å². The van der Waals surface area contributed by atoms with Gasteiger partial charge in [-0.1, -0.05) is 63.5 Å². The van der Waals surface area contributed by atoms with Gasteiger partial charge in [0.1, 0.15) is 0 Å². The second-order valence-electron chi connectivity index (χ2n) is 5.71. The summed E-state index contributed by atoms with van der Waals surface area (Å²) in [4.78, 5) is 10.9. The average Bonchev–Trinajstić information content (AvgIpc) is 2.53. The Morgan fingerprint density at radius 2 is 1.09 bits per heavy atom. The Kier molecular flexibility index (Phi) is 18.7. The number of unbranched alkanes of at least 4 members (excludes halogenated alkanes) is 8. The lowest BCUT2D eigenvalue weighted by atomic mass is 10.1. The summed E-state index contributed by atoms with van der Waals surface area (Å²) in [7, 11) is 0. The van der Waals surface area contributed by atoms with Crippen molar-refractivity contribution in [3.8, 4) is 0 Å². The molecule has 5 nitrogen and oxygen atoms in total. The van der Waals surface area contributed by atoms with E-state index in [4.69, 9.17) is 19.9 Å². The summed E-state index contributed by atoms with van der Waals surface area (Å²) in [6.45, 7) is 4.18. The summed E-state index contributed by atoms with van der Waals surface area (Å²) in [6.07, 6.45) is 12.8. The first-order chi connectivity index (χ1) is 10.8. The first kappa shape index (κ1) is 21.8. The van der Waals surface area contributed by atoms with E-state index >= 15 is 0 Å². The summed E-state index contributed by atoms with van der Waals surface area (Å²) in [6, 6.07) is 0. The summed E-state index contributed by atoms with van der Waals surface area (Å²) in [5.41, 5.74) is 0. The monoisotopic (exact) mass is 319 g/mol.